The maximum Gasteiger partial charge on any atom is 0.216 e. The fraction of sp³-hybridized carbons (Fsp3) is 0.333. The molecule has 1 amide bonds. The van der Waals surface area contributed by atoms with Gasteiger partial charge < -0.3 is 9.88 Å². The van der Waals surface area contributed by atoms with Crippen molar-refractivity contribution in [3.63, 3.8) is 0 Å². The van der Waals surface area contributed by atoms with E-state index in [1.165, 1.54) is 19.1 Å². The Morgan fingerprint density at radius 2 is 2.33 bits per heavy atom. The first-order valence-corrected chi connectivity index (χ1v) is 6.10. The molecule has 0 atom stereocenters. The Morgan fingerprint density at radius 3 is 3.00 bits per heavy atom. The van der Waals surface area contributed by atoms with Crippen LogP contribution in [0.25, 0.3) is 11.0 Å². The van der Waals surface area contributed by atoms with E-state index in [2.05, 4.69) is 10.3 Å². The van der Waals surface area contributed by atoms with E-state index in [-0.39, 0.29) is 17.6 Å². The lowest BCUT2D eigenvalue weighted by molar-refractivity contribution is -0.118. The van der Waals surface area contributed by atoms with Gasteiger partial charge in [0, 0.05) is 26.1 Å². The minimum Gasteiger partial charge on any atom is -0.355 e. The fourth-order valence-corrected chi connectivity index (χ4v) is 2.05. The Morgan fingerprint density at radius 1 is 1.56 bits per heavy atom. The second-order valence-corrected chi connectivity index (χ2v) is 4.20. The van der Waals surface area contributed by atoms with Crippen molar-refractivity contribution >= 4 is 28.5 Å². The van der Waals surface area contributed by atoms with E-state index in [4.69, 9.17) is 11.6 Å². The largest absolute Gasteiger partial charge is 0.355 e. The van der Waals surface area contributed by atoms with Crippen LogP contribution < -0.4 is 5.32 Å². The van der Waals surface area contributed by atoms with Gasteiger partial charge in [-0.15, -0.1) is 11.6 Å². The molecule has 0 saturated heterocycles. The minimum atomic E-state index is -0.324. The summed E-state index contributed by atoms with van der Waals surface area (Å²) in [4.78, 5) is 15.1. The lowest BCUT2D eigenvalue weighted by atomic mass is 10.3. The molecule has 0 saturated carbocycles. The van der Waals surface area contributed by atoms with Gasteiger partial charge in [0.05, 0.1) is 16.9 Å². The van der Waals surface area contributed by atoms with E-state index < -0.39 is 0 Å². The van der Waals surface area contributed by atoms with Crippen LogP contribution in [0.15, 0.2) is 18.2 Å². The topological polar surface area (TPSA) is 46.9 Å². The van der Waals surface area contributed by atoms with Crippen molar-refractivity contribution in [1.82, 2.24) is 14.9 Å². The molecule has 0 radical (unpaired) electrons. The van der Waals surface area contributed by atoms with Crippen molar-refractivity contribution in [2.45, 2.75) is 19.3 Å². The highest BCUT2D eigenvalue weighted by Gasteiger charge is 2.10. The Labute approximate surface area is 109 Å². The van der Waals surface area contributed by atoms with Crippen LogP contribution >= 0.6 is 11.6 Å². The van der Waals surface area contributed by atoms with Gasteiger partial charge in [0.25, 0.3) is 0 Å². The van der Waals surface area contributed by atoms with Gasteiger partial charge in [-0.2, -0.15) is 0 Å². The molecular weight excluding hydrogens is 257 g/mol. The van der Waals surface area contributed by atoms with Gasteiger partial charge in [-0.25, -0.2) is 9.37 Å². The number of hydrogen-bond acceptors (Lipinski definition) is 2. The van der Waals surface area contributed by atoms with Crippen molar-refractivity contribution in [3.8, 4) is 0 Å². The van der Waals surface area contributed by atoms with E-state index >= 15 is 0 Å². The summed E-state index contributed by atoms with van der Waals surface area (Å²) in [5.74, 6) is 0.506. The van der Waals surface area contributed by atoms with E-state index in [1.807, 2.05) is 4.57 Å². The molecule has 1 aromatic heterocycles. The van der Waals surface area contributed by atoms with E-state index in [1.54, 1.807) is 6.07 Å². The number of hydrogen-bond donors (Lipinski definition) is 1. The predicted molar refractivity (Wildman–Crippen MR) is 67.9 cm³/mol. The number of imidazole rings is 1. The van der Waals surface area contributed by atoms with E-state index in [0.717, 1.165) is 5.52 Å². The number of carbonyl (C=O) groups is 1. The maximum atomic E-state index is 13.1. The molecule has 6 heteroatoms. The number of rotatable bonds is 4. The number of benzene rings is 1. The molecule has 0 aliphatic rings. The Hall–Kier alpha value is -1.62. The zero-order valence-corrected chi connectivity index (χ0v) is 10.7. The summed E-state index contributed by atoms with van der Waals surface area (Å²) >= 11 is 5.82. The van der Waals surface area contributed by atoms with Crippen molar-refractivity contribution in [2.75, 3.05) is 6.54 Å². The molecule has 2 aromatic rings. The molecule has 0 unspecified atom stereocenters. The van der Waals surface area contributed by atoms with Crippen LogP contribution in [0.5, 0.6) is 0 Å². The number of nitrogens with zero attached hydrogens (tertiary/aromatic N) is 2. The number of carbonyl (C=O) groups excluding carboxylic acids is 1. The first-order chi connectivity index (χ1) is 8.61. The number of nitrogens with one attached hydrogen (secondary N) is 1. The summed E-state index contributed by atoms with van der Waals surface area (Å²) in [5.41, 5.74) is 1.39. The molecule has 0 aliphatic carbocycles. The van der Waals surface area contributed by atoms with Gasteiger partial charge >= 0.3 is 0 Å². The van der Waals surface area contributed by atoms with E-state index in [0.29, 0.717) is 24.4 Å². The third kappa shape index (κ3) is 2.61. The normalized spacial score (nSPS) is 10.8. The lowest BCUT2D eigenvalue weighted by Gasteiger charge is -2.07. The zero-order chi connectivity index (χ0) is 13.1. The Kier molecular flexibility index (Phi) is 3.81. The molecule has 18 heavy (non-hydrogen) atoms. The molecule has 0 spiro atoms. The maximum absolute atomic E-state index is 13.1. The van der Waals surface area contributed by atoms with Crippen LogP contribution in [0, 0.1) is 5.82 Å². The van der Waals surface area contributed by atoms with Crippen molar-refractivity contribution < 1.29 is 9.18 Å². The van der Waals surface area contributed by atoms with Crippen LogP contribution in [0.2, 0.25) is 0 Å². The lowest BCUT2D eigenvalue weighted by Crippen LogP contribution is -2.24. The molecule has 1 aromatic carbocycles. The molecule has 0 fully saturated rings. The first kappa shape index (κ1) is 12.8. The number of halogens is 2. The molecule has 0 aliphatic heterocycles. The average Bonchev–Trinajstić information content (AvgIpc) is 2.66. The van der Waals surface area contributed by atoms with Gasteiger partial charge in [-0.3, -0.25) is 4.79 Å². The zero-order valence-electron chi connectivity index (χ0n) is 9.91. The van der Waals surface area contributed by atoms with Crippen molar-refractivity contribution in [1.29, 1.82) is 0 Å². The predicted octanol–water partition coefficient (Wildman–Crippen LogP) is 2.05. The third-order valence-electron chi connectivity index (χ3n) is 2.62. The van der Waals surface area contributed by atoms with Gasteiger partial charge in [0.2, 0.25) is 5.91 Å². The van der Waals surface area contributed by atoms with Gasteiger partial charge in [0.1, 0.15) is 11.6 Å². The summed E-state index contributed by atoms with van der Waals surface area (Å²) < 4.78 is 15.0. The van der Waals surface area contributed by atoms with Crippen LogP contribution in [0.1, 0.15) is 12.7 Å². The SMILES string of the molecule is CC(=O)NCCn1c(CCl)nc2cc(F)ccc21. The second kappa shape index (κ2) is 5.35. The standard InChI is InChI=1S/C12H13ClFN3O/c1-8(18)15-4-5-17-11-3-2-9(14)6-10(11)16-12(17)7-13/h2-3,6H,4-5,7H2,1H3,(H,15,18). The molecular formula is C12H13ClFN3O. The molecule has 4 nitrogen and oxygen atoms in total. The average molecular weight is 270 g/mol. The van der Waals surface area contributed by atoms with Gasteiger partial charge in [-0.1, -0.05) is 0 Å². The highest BCUT2D eigenvalue weighted by Crippen LogP contribution is 2.18. The number of aromatic nitrogens is 2. The number of alkyl halides is 1. The molecule has 1 heterocycles. The summed E-state index contributed by atoms with van der Waals surface area (Å²) in [7, 11) is 0. The highest BCUT2D eigenvalue weighted by molar-refractivity contribution is 6.16. The Balaban J connectivity index is 2.31. The minimum absolute atomic E-state index is 0.0853. The Bertz CT molecular complexity index is 582. The second-order valence-electron chi connectivity index (χ2n) is 3.93. The fourth-order valence-electron chi connectivity index (χ4n) is 1.85. The van der Waals surface area contributed by atoms with Crippen LogP contribution in [0.4, 0.5) is 4.39 Å². The van der Waals surface area contributed by atoms with Crippen LogP contribution in [-0.4, -0.2) is 22.0 Å². The monoisotopic (exact) mass is 269 g/mol. The van der Waals surface area contributed by atoms with Gasteiger partial charge in [0.15, 0.2) is 0 Å². The smallest absolute Gasteiger partial charge is 0.216 e. The first-order valence-electron chi connectivity index (χ1n) is 5.57. The van der Waals surface area contributed by atoms with Crippen LogP contribution in [0.3, 0.4) is 0 Å². The van der Waals surface area contributed by atoms with Crippen molar-refractivity contribution in [3.05, 3.63) is 29.8 Å². The number of amides is 1. The summed E-state index contributed by atoms with van der Waals surface area (Å²) in [6.45, 7) is 2.51. The molecule has 1 N–H and O–H groups in total. The van der Waals surface area contributed by atoms with Crippen molar-refractivity contribution in [2.24, 2.45) is 0 Å². The third-order valence-corrected chi connectivity index (χ3v) is 2.86. The molecule has 0 bridgehead atoms. The molecule has 2 rings (SSSR count). The number of fused-ring (bicyclic) bond motifs is 1. The van der Waals surface area contributed by atoms with E-state index in [9.17, 15) is 9.18 Å². The summed E-state index contributed by atoms with van der Waals surface area (Å²) in [5, 5.41) is 2.71. The molecule has 96 valence electrons. The van der Waals surface area contributed by atoms with Gasteiger partial charge in [-0.05, 0) is 12.1 Å². The summed E-state index contributed by atoms with van der Waals surface area (Å²) in [6, 6.07) is 4.43. The quantitative estimate of drug-likeness (QED) is 0.864. The van der Waals surface area contributed by atoms with Crippen LogP contribution in [-0.2, 0) is 17.2 Å². The highest BCUT2D eigenvalue weighted by atomic mass is 35.5. The summed E-state index contributed by atoms with van der Waals surface area (Å²) in [6.07, 6.45) is 0.